The fourth-order valence-corrected chi connectivity index (χ4v) is 4.30. The summed E-state index contributed by atoms with van der Waals surface area (Å²) in [6.45, 7) is 4.64. The Morgan fingerprint density at radius 1 is 0.909 bits per heavy atom. The molecule has 0 bridgehead atoms. The van der Waals surface area contributed by atoms with Gasteiger partial charge in [-0.2, -0.15) is 0 Å². The van der Waals surface area contributed by atoms with Crippen molar-refractivity contribution >= 4 is 5.97 Å². The van der Waals surface area contributed by atoms with Crippen molar-refractivity contribution in [1.29, 1.82) is 0 Å². The first kappa shape index (κ1) is 22.3. The molecular weight excluding hydrogens is 412 g/mol. The van der Waals surface area contributed by atoms with Gasteiger partial charge < -0.3 is 5.11 Å². The number of carbonyl (C=O) groups is 1. The minimum Gasteiger partial charge on any atom is -0.478 e. The third-order valence-electron chi connectivity index (χ3n) is 6.05. The molecule has 4 rings (SSSR count). The molecule has 5 nitrogen and oxygen atoms in total. The summed E-state index contributed by atoms with van der Waals surface area (Å²) in [6.07, 6.45) is 2.92. The molecule has 1 N–H and O–H groups in total. The fraction of sp³-hybridized carbons (Fsp3) is 0.214. The average molecular weight is 441 g/mol. The van der Waals surface area contributed by atoms with E-state index in [1.54, 1.807) is 16.7 Å². The number of imidazole rings is 1. The highest BCUT2D eigenvalue weighted by atomic mass is 16.4. The highest BCUT2D eigenvalue weighted by Crippen LogP contribution is 2.25. The van der Waals surface area contributed by atoms with Gasteiger partial charge in [-0.25, -0.2) is 9.59 Å². The van der Waals surface area contributed by atoms with E-state index in [1.807, 2.05) is 78.2 Å². The number of carboxylic acids is 1. The van der Waals surface area contributed by atoms with Crippen LogP contribution in [0.15, 0.2) is 83.7 Å². The molecule has 3 aromatic carbocycles. The molecule has 0 aliphatic rings. The lowest BCUT2D eigenvalue weighted by molar-refractivity contribution is 0.0697. The lowest BCUT2D eigenvalue weighted by Crippen LogP contribution is -2.25. The fourth-order valence-electron chi connectivity index (χ4n) is 4.30. The third kappa shape index (κ3) is 4.53. The van der Waals surface area contributed by atoms with Gasteiger partial charge in [0, 0.05) is 11.4 Å². The summed E-state index contributed by atoms with van der Waals surface area (Å²) in [5.41, 5.74) is 5.67. The Morgan fingerprint density at radius 3 is 2.24 bits per heavy atom. The molecule has 0 aliphatic carbocycles. The van der Waals surface area contributed by atoms with Crippen molar-refractivity contribution in [3.8, 4) is 16.8 Å². The van der Waals surface area contributed by atoms with Crippen LogP contribution in [0.5, 0.6) is 0 Å². The quantitative estimate of drug-likeness (QED) is 0.382. The maximum Gasteiger partial charge on any atom is 0.336 e. The van der Waals surface area contributed by atoms with Crippen molar-refractivity contribution in [2.24, 2.45) is 0 Å². The number of hydrogen-bond acceptors (Lipinski definition) is 2. The van der Waals surface area contributed by atoms with Crippen LogP contribution in [0, 0.1) is 6.92 Å². The molecule has 0 amide bonds. The van der Waals surface area contributed by atoms with Crippen LogP contribution in [-0.2, 0) is 13.0 Å². The van der Waals surface area contributed by atoms with Gasteiger partial charge in [0.15, 0.2) is 0 Å². The van der Waals surface area contributed by atoms with Gasteiger partial charge in [0.05, 0.1) is 17.8 Å². The summed E-state index contributed by atoms with van der Waals surface area (Å²) in [4.78, 5) is 25.0. The van der Waals surface area contributed by atoms with Crippen molar-refractivity contribution in [1.82, 2.24) is 9.13 Å². The molecule has 168 valence electrons. The van der Waals surface area contributed by atoms with Crippen molar-refractivity contribution in [2.45, 2.75) is 39.7 Å². The van der Waals surface area contributed by atoms with E-state index in [4.69, 9.17) is 0 Å². The number of hydrogen-bond donors (Lipinski definition) is 1. The van der Waals surface area contributed by atoms with Crippen molar-refractivity contribution in [3.05, 3.63) is 112 Å². The first-order chi connectivity index (χ1) is 16.0. The van der Waals surface area contributed by atoms with Crippen LogP contribution in [0.2, 0.25) is 0 Å². The number of rotatable bonds is 8. The van der Waals surface area contributed by atoms with Gasteiger partial charge >= 0.3 is 11.7 Å². The van der Waals surface area contributed by atoms with Crippen LogP contribution in [-0.4, -0.2) is 20.2 Å². The van der Waals surface area contributed by atoms with Gasteiger partial charge in [-0.05, 0) is 54.7 Å². The zero-order chi connectivity index (χ0) is 23.4. The van der Waals surface area contributed by atoms with E-state index in [-0.39, 0.29) is 11.3 Å². The van der Waals surface area contributed by atoms with Crippen molar-refractivity contribution < 1.29 is 9.90 Å². The van der Waals surface area contributed by atoms with E-state index in [2.05, 4.69) is 6.92 Å². The monoisotopic (exact) mass is 440 g/mol. The summed E-state index contributed by atoms with van der Waals surface area (Å²) in [5, 5.41) is 9.49. The maximum absolute atomic E-state index is 13.4. The minimum atomic E-state index is -0.945. The number of aromatic nitrogens is 2. The van der Waals surface area contributed by atoms with Gasteiger partial charge in [-0.15, -0.1) is 0 Å². The van der Waals surface area contributed by atoms with Crippen LogP contribution in [0.25, 0.3) is 16.8 Å². The van der Waals surface area contributed by atoms with E-state index in [0.717, 1.165) is 47.5 Å². The standard InChI is InChI=1S/C28H28N2O3/c1-3-4-14-26-20(2)30(23-10-6-5-7-11-23)28(33)29(26)19-21-15-17-22(18-16-21)24-12-8-9-13-25(24)27(31)32/h5-13,15-18H,3-4,14,19H2,1-2H3,(H,31,32). The highest BCUT2D eigenvalue weighted by Gasteiger charge is 2.18. The minimum absolute atomic E-state index is 0.0369. The molecule has 0 fully saturated rings. The van der Waals surface area contributed by atoms with Crippen LogP contribution in [0.3, 0.4) is 0 Å². The molecule has 4 aromatic rings. The summed E-state index contributed by atoms with van der Waals surface area (Å²) in [7, 11) is 0. The third-order valence-corrected chi connectivity index (χ3v) is 6.05. The normalized spacial score (nSPS) is 11.0. The van der Waals surface area contributed by atoms with Crippen LogP contribution < -0.4 is 5.69 Å². The predicted octanol–water partition coefficient (Wildman–Crippen LogP) is 5.70. The summed E-state index contributed by atoms with van der Waals surface area (Å²) in [6, 6.07) is 24.5. The molecule has 0 unspecified atom stereocenters. The molecule has 0 aliphatic heterocycles. The number of nitrogens with zero attached hydrogens (tertiary/aromatic N) is 2. The highest BCUT2D eigenvalue weighted by molar-refractivity contribution is 5.95. The van der Waals surface area contributed by atoms with Gasteiger partial charge in [0.2, 0.25) is 0 Å². The molecule has 0 saturated carbocycles. The smallest absolute Gasteiger partial charge is 0.336 e. The molecular formula is C28H28N2O3. The first-order valence-electron chi connectivity index (χ1n) is 11.3. The van der Waals surface area contributed by atoms with Gasteiger partial charge in [-0.1, -0.05) is 74.0 Å². The largest absolute Gasteiger partial charge is 0.478 e. The second kappa shape index (κ2) is 9.74. The molecule has 1 aromatic heterocycles. The van der Waals surface area contributed by atoms with Crippen LogP contribution >= 0.6 is 0 Å². The molecule has 5 heteroatoms. The molecule has 0 radical (unpaired) electrons. The van der Waals surface area contributed by atoms with Crippen LogP contribution in [0.4, 0.5) is 0 Å². The SMILES string of the molecule is CCCCc1c(C)n(-c2ccccc2)c(=O)n1Cc1ccc(-c2ccccc2C(=O)O)cc1. The Labute approximate surface area is 193 Å². The van der Waals surface area contributed by atoms with Gasteiger partial charge in [-0.3, -0.25) is 9.13 Å². The number of para-hydroxylation sites is 1. The molecule has 33 heavy (non-hydrogen) atoms. The van der Waals surface area contributed by atoms with Crippen molar-refractivity contribution in [2.75, 3.05) is 0 Å². The Hall–Kier alpha value is -3.86. The summed E-state index contributed by atoms with van der Waals surface area (Å²) in [5.74, 6) is -0.945. The lowest BCUT2D eigenvalue weighted by atomic mass is 9.99. The Bertz CT molecular complexity index is 1320. The van der Waals surface area contributed by atoms with Crippen LogP contribution in [0.1, 0.15) is 47.1 Å². The van der Waals surface area contributed by atoms with Crippen molar-refractivity contribution in [3.63, 3.8) is 0 Å². The second-order valence-electron chi connectivity index (χ2n) is 8.22. The number of carboxylic acid groups (broad SMARTS) is 1. The van der Waals surface area contributed by atoms with E-state index in [1.165, 1.54) is 0 Å². The molecule has 0 spiro atoms. The molecule has 1 heterocycles. The number of aromatic carboxylic acids is 1. The zero-order valence-corrected chi connectivity index (χ0v) is 19.0. The Kier molecular flexibility index (Phi) is 6.59. The Morgan fingerprint density at radius 2 is 1.58 bits per heavy atom. The maximum atomic E-state index is 13.4. The zero-order valence-electron chi connectivity index (χ0n) is 19.0. The number of benzene rings is 3. The topological polar surface area (TPSA) is 64.2 Å². The molecule has 0 saturated heterocycles. The summed E-state index contributed by atoms with van der Waals surface area (Å²) < 4.78 is 3.67. The number of unbranched alkanes of at least 4 members (excludes halogenated alkanes) is 1. The predicted molar refractivity (Wildman–Crippen MR) is 131 cm³/mol. The molecule has 0 atom stereocenters. The Balaban J connectivity index is 1.71. The van der Waals surface area contributed by atoms with Gasteiger partial charge in [0.1, 0.15) is 0 Å². The first-order valence-corrected chi connectivity index (χ1v) is 11.3. The average Bonchev–Trinajstić information content (AvgIpc) is 3.07. The second-order valence-corrected chi connectivity index (χ2v) is 8.22. The lowest BCUT2D eigenvalue weighted by Gasteiger charge is -2.10. The van der Waals surface area contributed by atoms with E-state index in [9.17, 15) is 14.7 Å². The van der Waals surface area contributed by atoms with E-state index in [0.29, 0.717) is 12.1 Å². The van der Waals surface area contributed by atoms with E-state index < -0.39 is 5.97 Å². The van der Waals surface area contributed by atoms with E-state index >= 15 is 0 Å². The summed E-state index contributed by atoms with van der Waals surface area (Å²) >= 11 is 0. The van der Waals surface area contributed by atoms with Gasteiger partial charge in [0.25, 0.3) is 0 Å².